The molecular formula is C24H23F3N2O4S. The number of thiophene rings is 1. The lowest BCUT2D eigenvalue weighted by Crippen LogP contribution is -2.42. The van der Waals surface area contributed by atoms with Crippen LogP contribution in [0, 0.1) is 6.92 Å². The molecule has 1 amide bonds. The topological polar surface area (TPSA) is 88.5 Å². The van der Waals surface area contributed by atoms with Crippen molar-refractivity contribution in [1.82, 2.24) is 10.3 Å². The minimum atomic E-state index is -4.80. The number of carboxylic acid groups (broad SMARTS) is 1. The Morgan fingerprint density at radius 2 is 1.97 bits per heavy atom. The molecule has 1 atom stereocenters. The van der Waals surface area contributed by atoms with Gasteiger partial charge in [0.1, 0.15) is 11.8 Å². The quantitative estimate of drug-likeness (QED) is 0.418. The van der Waals surface area contributed by atoms with E-state index in [0.29, 0.717) is 21.7 Å². The van der Waals surface area contributed by atoms with Gasteiger partial charge < -0.3 is 15.2 Å². The fourth-order valence-electron chi connectivity index (χ4n) is 3.38. The normalized spacial score (nSPS) is 12.3. The first-order valence-corrected chi connectivity index (χ1v) is 11.3. The molecule has 0 fully saturated rings. The fraction of sp³-hybridized carbons (Fsp3) is 0.292. The van der Waals surface area contributed by atoms with Crippen LogP contribution in [0.5, 0.6) is 5.75 Å². The van der Waals surface area contributed by atoms with E-state index in [1.54, 1.807) is 24.3 Å². The van der Waals surface area contributed by atoms with Gasteiger partial charge in [0.2, 0.25) is 0 Å². The number of aryl methyl sites for hydroxylation is 2. The van der Waals surface area contributed by atoms with Crippen molar-refractivity contribution >= 4 is 23.2 Å². The van der Waals surface area contributed by atoms with Gasteiger partial charge in [-0.2, -0.15) is 0 Å². The SMILES string of the molecule is CCCc1cc(C(=O)N[C@H](Cc2ccc(-c3cccc(OC(F)(F)F)c3)nc2)C(=O)O)sc1C. The zero-order valence-electron chi connectivity index (χ0n) is 18.5. The number of halogens is 3. The van der Waals surface area contributed by atoms with Crippen LogP contribution in [0.4, 0.5) is 13.2 Å². The lowest BCUT2D eigenvalue weighted by atomic mass is 10.1. The molecule has 6 nitrogen and oxygen atoms in total. The second kappa shape index (κ2) is 10.7. The largest absolute Gasteiger partial charge is 0.573 e. The van der Waals surface area contributed by atoms with Gasteiger partial charge in [0.05, 0.1) is 10.6 Å². The highest BCUT2D eigenvalue weighted by atomic mass is 32.1. The third-order valence-corrected chi connectivity index (χ3v) is 6.09. The van der Waals surface area contributed by atoms with Crippen LogP contribution < -0.4 is 10.1 Å². The molecule has 3 rings (SSSR count). The molecule has 0 spiro atoms. The number of hydrogen-bond donors (Lipinski definition) is 2. The van der Waals surface area contributed by atoms with Gasteiger partial charge in [0.25, 0.3) is 5.91 Å². The number of carbonyl (C=O) groups is 2. The number of carboxylic acids is 1. The molecule has 0 bridgehead atoms. The maximum atomic E-state index is 12.6. The van der Waals surface area contributed by atoms with E-state index in [2.05, 4.69) is 15.0 Å². The van der Waals surface area contributed by atoms with Crippen LogP contribution >= 0.6 is 11.3 Å². The number of benzene rings is 1. The Bertz CT molecular complexity index is 1160. The molecular weight excluding hydrogens is 469 g/mol. The molecule has 3 aromatic rings. The summed E-state index contributed by atoms with van der Waals surface area (Å²) in [5.41, 5.74) is 2.43. The van der Waals surface area contributed by atoms with Crippen LogP contribution in [0.15, 0.2) is 48.7 Å². The Balaban J connectivity index is 1.70. The number of aromatic nitrogens is 1. The highest BCUT2D eigenvalue weighted by Gasteiger charge is 2.31. The summed E-state index contributed by atoms with van der Waals surface area (Å²) in [4.78, 5) is 30.1. The summed E-state index contributed by atoms with van der Waals surface area (Å²) in [6, 6.07) is 9.23. The van der Waals surface area contributed by atoms with E-state index < -0.39 is 24.3 Å². The van der Waals surface area contributed by atoms with E-state index in [-0.39, 0.29) is 12.2 Å². The van der Waals surface area contributed by atoms with Gasteiger partial charge in [-0.1, -0.05) is 31.5 Å². The summed E-state index contributed by atoms with van der Waals surface area (Å²) in [5, 5.41) is 12.2. The molecule has 34 heavy (non-hydrogen) atoms. The smallest absolute Gasteiger partial charge is 0.480 e. The monoisotopic (exact) mass is 492 g/mol. The van der Waals surface area contributed by atoms with Crippen molar-refractivity contribution in [2.24, 2.45) is 0 Å². The second-order valence-electron chi connectivity index (χ2n) is 7.64. The van der Waals surface area contributed by atoms with Crippen LogP contribution in [0.25, 0.3) is 11.3 Å². The van der Waals surface area contributed by atoms with E-state index in [0.717, 1.165) is 23.3 Å². The predicted molar refractivity (Wildman–Crippen MR) is 122 cm³/mol. The minimum Gasteiger partial charge on any atom is -0.480 e. The van der Waals surface area contributed by atoms with E-state index in [1.165, 1.54) is 35.7 Å². The standard InChI is InChI=1S/C24H23F3N2O4S/c1-3-5-16-12-21(34-14(16)2)22(30)29-20(23(31)32)10-15-8-9-19(28-13-15)17-6-4-7-18(11-17)33-24(25,26)27/h4,6-9,11-13,20H,3,5,10H2,1-2H3,(H,29,30)(H,31,32)/t20-/m1/s1. The highest BCUT2D eigenvalue weighted by molar-refractivity contribution is 7.14. The first-order chi connectivity index (χ1) is 16.1. The van der Waals surface area contributed by atoms with Gasteiger partial charge >= 0.3 is 12.3 Å². The predicted octanol–water partition coefficient (Wildman–Crippen LogP) is 5.40. The van der Waals surface area contributed by atoms with E-state index in [1.807, 2.05) is 13.8 Å². The molecule has 0 aliphatic carbocycles. The zero-order valence-corrected chi connectivity index (χ0v) is 19.3. The number of alkyl halides is 3. The van der Waals surface area contributed by atoms with Crippen molar-refractivity contribution in [2.45, 2.75) is 45.5 Å². The molecule has 0 unspecified atom stereocenters. The van der Waals surface area contributed by atoms with Crippen molar-refractivity contribution in [3.8, 4) is 17.0 Å². The maximum absolute atomic E-state index is 12.6. The van der Waals surface area contributed by atoms with Crippen molar-refractivity contribution in [2.75, 3.05) is 0 Å². The number of rotatable bonds is 9. The van der Waals surface area contributed by atoms with Gasteiger partial charge in [-0.3, -0.25) is 9.78 Å². The van der Waals surface area contributed by atoms with Gasteiger partial charge in [-0.25, -0.2) is 4.79 Å². The number of nitrogens with zero attached hydrogens (tertiary/aromatic N) is 1. The maximum Gasteiger partial charge on any atom is 0.573 e. The third kappa shape index (κ3) is 6.80. The number of nitrogens with one attached hydrogen (secondary N) is 1. The molecule has 10 heteroatoms. The average molecular weight is 493 g/mol. The second-order valence-corrected chi connectivity index (χ2v) is 8.89. The van der Waals surface area contributed by atoms with Gasteiger partial charge in [-0.15, -0.1) is 24.5 Å². The van der Waals surface area contributed by atoms with Crippen LogP contribution in [-0.2, 0) is 17.6 Å². The number of hydrogen-bond acceptors (Lipinski definition) is 5. The molecule has 0 saturated carbocycles. The summed E-state index contributed by atoms with van der Waals surface area (Å²) in [5.74, 6) is -2.00. The average Bonchev–Trinajstić information content (AvgIpc) is 3.13. The Labute approximate surface area is 198 Å². The Hall–Kier alpha value is -3.40. The van der Waals surface area contributed by atoms with Gasteiger partial charge in [0.15, 0.2) is 0 Å². The lowest BCUT2D eigenvalue weighted by Gasteiger charge is -2.14. The first kappa shape index (κ1) is 25.2. The summed E-state index contributed by atoms with van der Waals surface area (Å²) >= 11 is 1.33. The molecule has 0 radical (unpaired) electrons. The molecule has 0 aliphatic rings. The Morgan fingerprint density at radius 3 is 2.59 bits per heavy atom. The summed E-state index contributed by atoms with van der Waals surface area (Å²) < 4.78 is 41.3. The Kier molecular flexibility index (Phi) is 7.93. The number of carbonyl (C=O) groups excluding carboxylic acids is 1. The molecule has 2 N–H and O–H groups in total. The summed E-state index contributed by atoms with van der Waals surface area (Å²) in [6.07, 6.45) is -1.58. The van der Waals surface area contributed by atoms with Crippen molar-refractivity contribution in [3.63, 3.8) is 0 Å². The first-order valence-electron chi connectivity index (χ1n) is 10.5. The Morgan fingerprint density at radius 1 is 1.21 bits per heavy atom. The van der Waals surface area contributed by atoms with Crippen LogP contribution in [0.1, 0.15) is 39.0 Å². The molecule has 180 valence electrons. The fourth-order valence-corrected chi connectivity index (χ4v) is 4.36. The van der Waals surface area contributed by atoms with Crippen molar-refractivity contribution in [3.05, 3.63) is 69.5 Å². The third-order valence-electron chi connectivity index (χ3n) is 5.00. The van der Waals surface area contributed by atoms with E-state index in [4.69, 9.17) is 0 Å². The van der Waals surface area contributed by atoms with Crippen LogP contribution in [0.3, 0.4) is 0 Å². The zero-order chi connectivity index (χ0) is 24.9. The molecule has 2 aromatic heterocycles. The van der Waals surface area contributed by atoms with Crippen LogP contribution in [0.2, 0.25) is 0 Å². The molecule has 0 aliphatic heterocycles. The number of pyridine rings is 1. The molecule has 2 heterocycles. The number of aliphatic carboxylic acids is 1. The number of ether oxygens (including phenoxy) is 1. The molecule has 1 aromatic carbocycles. The molecule has 0 saturated heterocycles. The summed E-state index contributed by atoms with van der Waals surface area (Å²) in [7, 11) is 0. The van der Waals surface area contributed by atoms with Crippen LogP contribution in [-0.4, -0.2) is 34.4 Å². The van der Waals surface area contributed by atoms with Crippen molar-refractivity contribution in [1.29, 1.82) is 0 Å². The van der Waals surface area contributed by atoms with Gasteiger partial charge in [-0.05, 0) is 48.7 Å². The van der Waals surface area contributed by atoms with Crippen molar-refractivity contribution < 1.29 is 32.6 Å². The summed E-state index contributed by atoms with van der Waals surface area (Å²) in [6.45, 7) is 3.98. The number of amides is 1. The van der Waals surface area contributed by atoms with E-state index in [9.17, 15) is 27.9 Å². The van der Waals surface area contributed by atoms with E-state index >= 15 is 0 Å². The highest BCUT2D eigenvalue weighted by Crippen LogP contribution is 2.27. The minimum absolute atomic E-state index is 0.00223. The lowest BCUT2D eigenvalue weighted by molar-refractivity contribution is -0.274. The van der Waals surface area contributed by atoms with Gasteiger partial charge in [0, 0.05) is 23.1 Å².